The third-order valence-electron chi connectivity index (χ3n) is 6.94. The van der Waals surface area contributed by atoms with Crippen LogP contribution in [0.4, 0.5) is 0 Å². The number of aliphatic carboxylic acids is 1. The predicted octanol–water partition coefficient (Wildman–Crippen LogP) is 3.27. The second kappa shape index (κ2) is 7.56. The van der Waals surface area contributed by atoms with Crippen molar-refractivity contribution in [1.82, 2.24) is 19.3 Å². The van der Waals surface area contributed by atoms with E-state index in [1.165, 1.54) is 28.8 Å². The van der Waals surface area contributed by atoms with E-state index in [4.69, 9.17) is 0 Å². The van der Waals surface area contributed by atoms with Gasteiger partial charge >= 0.3 is 5.97 Å². The van der Waals surface area contributed by atoms with Crippen molar-refractivity contribution in [2.24, 2.45) is 5.92 Å². The summed E-state index contributed by atoms with van der Waals surface area (Å²) >= 11 is 1.28. The molecule has 0 aliphatic carbocycles. The number of carboxylic acids is 1. The van der Waals surface area contributed by atoms with Gasteiger partial charge in [0, 0.05) is 41.9 Å². The number of β-lactam (4-membered cyclic amide) rings is 1. The lowest BCUT2D eigenvalue weighted by atomic mass is 9.90. The van der Waals surface area contributed by atoms with E-state index in [1.807, 2.05) is 13.0 Å². The molecular formula is C25H20N4O5S. The van der Waals surface area contributed by atoms with Crippen LogP contribution in [-0.4, -0.2) is 53.2 Å². The van der Waals surface area contributed by atoms with Crippen molar-refractivity contribution in [2.75, 3.05) is 0 Å². The van der Waals surface area contributed by atoms with Gasteiger partial charge < -0.3 is 15.1 Å². The largest absolute Gasteiger partial charge is 0.477 e. The molecule has 0 spiro atoms. The summed E-state index contributed by atoms with van der Waals surface area (Å²) in [6.45, 7) is 3.59. The van der Waals surface area contributed by atoms with Crippen LogP contribution in [0.2, 0.25) is 0 Å². The number of carboxylic acid groups (broad SMARTS) is 1. The van der Waals surface area contributed by atoms with Gasteiger partial charge in [0.25, 0.3) is 0 Å². The number of aliphatic hydroxyl groups excluding tert-OH is 1. The van der Waals surface area contributed by atoms with E-state index < -0.39 is 12.1 Å². The number of hydrogen-bond donors (Lipinski definition) is 2. The number of rotatable bonds is 5. The third-order valence-corrected chi connectivity index (χ3v) is 8.08. The molecule has 3 aromatic heterocycles. The van der Waals surface area contributed by atoms with E-state index in [-0.39, 0.29) is 35.0 Å². The number of imidazole rings is 1. The Bertz CT molecular complexity index is 1610. The molecule has 2 aliphatic heterocycles. The smallest absolute Gasteiger partial charge is 0.352 e. The number of ketones is 1. The van der Waals surface area contributed by atoms with Crippen LogP contribution in [0.1, 0.15) is 52.9 Å². The number of aromatic nitrogens is 3. The summed E-state index contributed by atoms with van der Waals surface area (Å²) in [6, 6.07) is 5.26. The summed E-state index contributed by atoms with van der Waals surface area (Å²) in [5.74, 6) is -1.76. The maximum atomic E-state index is 13.6. The number of pyridine rings is 1. The molecule has 3 atom stereocenters. The molecule has 1 amide bonds. The first-order valence-electron chi connectivity index (χ1n) is 11.1. The number of carbonyl (C=O) groups excluding carboxylic acids is 2. The third kappa shape index (κ3) is 3.00. The molecule has 0 radical (unpaired) electrons. The summed E-state index contributed by atoms with van der Waals surface area (Å²) < 4.78 is 1.71. The first-order valence-corrected chi connectivity index (χ1v) is 11.9. The zero-order valence-corrected chi connectivity index (χ0v) is 19.6. The topological polar surface area (TPSA) is 125 Å². The van der Waals surface area contributed by atoms with Gasteiger partial charge in [-0.25, -0.2) is 9.78 Å². The van der Waals surface area contributed by atoms with E-state index in [0.29, 0.717) is 43.6 Å². The lowest BCUT2D eigenvalue weighted by molar-refractivity contribution is -0.148. The number of benzene rings is 1. The highest BCUT2D eigenvalue weighted by Crippen LogP contribution is 2.48. The van der Waals surface area contributed by atoms with Crippen LogP contribution < -0.4 is 0 Å². The van der Waals surface area contributed by atoms with Gasteiger partial charge in [0.2, 0.25) is 11.7 Å². The fraction of sp³-hybridized carbons (Fsp3) is 0.240. The van der Waals surface area contributed by atoms with Crippen LogP contribution in [0.15, 0.2) is 48.8 Å². The Morgan fingerprint density at radius 3 is 2.74 bits per heavy atom. The van der Waals surface area contributed by atoms with Crippen LogP contribution in [0.3, 0.4) is 0 Å². The molecule has 0 unspecified atom stereocenters. The minimum absolute atomic E-state index is 0.0213. The zero-order valence-electron chi connectivity index (χ0n) is 18.8. The van der Waals surface area contributed by atoms with Crippen molar-refractivity contribution in [3.8, 4) is 0 Å². The van der Waals surface area contributed by atoms with Gasteiger partial charge in [0.1, 0.15) is 22.5 Å². The maximum absolute atomic E-state index is 13.6. The molecule has 1 saturated heterocycles. The quantitative estimate of drug-likeness (QED) is 0.326. The molecule has 35 heavy (non-hydrogen) atoms. The van der Waals surface area contributed by atoms with Gasteiger partial charge in [-0.3, -0.25) is 19.0 Å². The van der Waals surface area contributed by atoms with Crippen molar-refractivity contribution in [3.05, 3.63) is 70.5 Å². The molecule has 2 N–H and O–H groups in total. The molecule has 5 heterocycles. The molecule has 6 rings (SSSR count). The molecule has 4 aromatic rings. The summed E-state index contributed by atoms with van der Waals surface area (Å²) in [7, 11) is 0. The Labute approximate surface area is 203 Å². The average molecular weight is 489 g/mol. The zero-order chi connectivity index (χ0) is 24.6. The number of amides is 1. The number of aliphatic hydroxyl groups is 1. The SMILES string of the molecule is C[C@@H](O)c1cccc2c(C(=O)c3ncn4cc(C5=C(C(=O)O)N6C(=O)C[C@@H]6[C@H]5C)sc34)cncc12. The molecule has 0 bridgehead atoms. The maximum Gasteiger partial charge on any atom is 0.352 e. The fourth-order valence-electron chi connectivity index (χ4n) is 5.20. The van der Waals surface area contributed by atoms with Crippen LogP contribution in [-0.2, 0) is 9.59 Å². The molecule has 2 aliphatic rings. The fourth-order valence-corrected chi connectivity index (χ4v) is 6.41. The van der Waals surface area contributed by atoms with Crippen molar-refractivity contribution < 1.29 is 24.6 Å². The second-order valence-electron chi connectivity index (χ2n) is 8.93. The highest BCUT2D eigenvalue weighted by atomic mass is 32.1. The van der Waals surface area contributed by atoms with Gasteiger partial charge in [-0.1, -0.05) is 25.1 Å². The molecule has 1 aromatic carbocycles. The Morgan fingerprint density at radius 1 is 1.23 bits per heavy atom. The molecule has 10 heteroatoms. The number of fused-ring (bicyclic) bond motifs is 3. The van der Waals surface area contributed by atoms with E-state index in [9.17, 15) is 24.6 Å². The van der Waals surface area contributed by atoms with E-state index in [2.05, 4.69) is 9.97 Å². The lowest BCUT2D eigenvalue weighted by Crippen LogP contribution is -2.51. The summed E-state index contributed by atoms with van der Waals surface area (Å²) in [4.78, 5) is 49.0. The Kier molecular flexibility index (Phi) is 4.67. The minimum atomic E-state index is -1.13. The molecule has 176 valence electrons. The van der Waals surface area contributed by atoms with E-state index in [0.717, 1.165) is 0 Å². The Hall–Kier alpha value is -3.89. The van der Waals surface area contributed by atoms with Gasteiger partial charge in [-0.15, -0.1) is 11.3 Å². The van der Waals surface area contributed by atoms with Gasteiger partial charge in [0.15, 0.2) is 0 Å². The highest BCUT2D eigenvalue weighted by molar-refractivity contribution is 7.18. The van der Waals surface area contributed by atoms with E-state index in [1.54, 1.807) is 35.9 Å². The van der Waals surface area contributed by atoms with Crippen LogP contribution in [0.5, 0.6) is 0 Å². The first-order chi connectivity index (χ1) is 16.8. The van der Waals surface area contributed by atoms with Gasteiger partial charge in [0.05, 0.1) is 22.6 Å². The average Bonchev–Trinajstić information content (AvgIpc) is 3.47. The van der Waals surface area contributed by atoms with Crippen molar-refractivity contribution in [1.29, 1.82) is 0 Å². The molecular weight excluding hydrogens is 468 g/mol. The van der Waals surface area contributed by atoms with Crippen molar-refractivity contribution in [2.45, 2.75) is 32.4 Å². The van der Waals surface area contributed by atoms with Crippen LogP contribution in [0, 0.1) is 5.92 Å². The van der Waals surface area contributed by atoms with Crippen LogP contribution in [0.25, 0.3) is 21.2 Å². The second-order valence-corrected chi connectivity index (χ2v) is 9.96. The molecule has 0 saturated carbocycles. The first kappa shape index (κ1) is 21.6. The van der Waals surface area contributed by atoms with Crippen molar-refractivity contribution >= 4 is 50.2 Å². The predicted molar refractivity (Wildman–Crippen MR) is 128 cm³/mol. The monoisotopic (exact) mass is 488 g/mol. The summed E-state index contributed by atoms with van der Waals surface area (Å²) in [6.07, 6.45) is 6.04. The number of hydrogen-bond acceptors (Lipinski definition) is 7. The highest BCUT2D eigenvalue weighted by Gasteiger charge is 2.52. The number of nitrogens with zero attached hydrogens (tertiary/aromatic N) is 4. The van der Waals surface area contributed by atoms with Crippen molar-refractivity contribution in [3.63, 3.8) is 0 Å². The van der Waals surface area contributed by atoms with Crippen LogP contribution >= 0.6 is 11.3 Å². The summed E-state index contributed by atoms with van der Waals surface area (Å²) in [5.41, 5.74) is 1.91. The molecule has 9 nitrogen and oxygen atoms in total. The minimum Gasteiger partial charge on any atom is -0.477 e. The normalized spacial score (nSPS) is 20.4. The summed E-state index contributed by atoms with van der Waals surface area (Å²) in [5, 5.41) is 21.3. The van der Waals surface area contributed by atoms with E-state index >= 15 is 0 Å². The molecule has 1 fully saturated rings. The van der Waals surface area contributed by atoms with Gasteiger partial charge in [-0.2, -0.15) is 0 Å². The Morgan fingerprint density at radius 2 is 2.03 bits per heavy atom. The van der Waals surface area contributed by atoms with Gasteiger partial charge in [-0.05, 0) is 17.9 Å². The lowest BCUT2D eigenvalue weighted by Gasteiger charge is -2.37. The number of carbonyl (C=O) groups is 3. The Balaban J connectivity index is 1.47. The standard InChI is InChI=1S/C25H20N4O5S/c1-11-17-6-19(31)29(17)22(25(33)34)20(11)18-9-28-10-27-21(24(28)35-18)23(32)16-8-26-7-15-13(12(2)30)4-3-5-14(15)16/h3-5,7-12,17,30H,6H2,1-2H3,(H,33,34)/t11-,12-,17-/m1/s1. The number of thiazole rings is 1.